The molecule has 0 unspecified atom stereocenters. The van der Waals surface area contributed by atoms with Gasteiger partial charge in [0.05, 0.1) is 6.04 Å². The van der Waals surface area contributed by atoms with Gasteiger partial charge in [-0.1, -0.05) is 6.92 Å². The molecule has 0 aliphatic carbocycles. The Labute approximate surface area is 139 Å². The topological polar surface area (TPSA) is 137 Å². The third kappa shape index (κ3) is 3.76. The average molecular weight is 364 g/mol. The van der Waals surface area contributed by atoms with Gasteiger partial charge < -0.3 is 4.90 Å². The molecule has 2 atom stereocenters. The number of piperidine rings is 1. The highest BCUT2D eigenvalue weighted by Gasteiger charge is 2.49. The molecule has 2 bridgehead atoms. The van der Waals surface area contributed by atoms with Gasteiger partial charge >= 0.3 is 16.4 Å². The van der Waals surface area contributed by atoms with E-state index < -0.39 is 34.4 Å². The smallest absolute Gasteiger partial charge is 0.309 e. The molecule has 0 aromatic heterocycles. The second kappa shape index (κ2) is 6.91. The molecule has 0 aromatic rings. The maximum atomic E-state index is 12.4. The van der Waals surface area contributed by atoms with Crippen molar-refractivity contribution in [1.82, 2.24) is 20.4 Å². The van der Waals surface area contributed by atoms with Crippen LogP contribution in [-0.4, -0.2) is 71.0 Å². The van der Waals surface area contributed by atoms with Crippen molar-refractivity contribution in [2.75, 3.05) is 13.1 Å². The predicted octanol–water partition coefficient (Wildman–Crippen LogP) is -0.721. The molecule has 0 radical (unpaired) electrons. The highest BCUT2D eigenvalue weighted by atomic mass is 32.3. The number of urea groups is 1. The molecule has 136 valence electrons. The monoisotopic (exact) mass is 364 g/mol. The third-order valence-corrected chi connectivity index (χ3v) is 4.31. The summed E-state index contributed by atoms with van der Waals surface area (Å²) in [6.07, 6.45) is 0.828. The van der Waals surface area contributed by atoms with E-state index in [-0.39, 0.29) is 31.8 Å². The summed E-state index contributed by atoms with van der Waals surface area (Å²) in [6, 6.07) is -2.23. The Morgan fingerprint density at radius 2 is 2.04 bits per heavy atom. The maximum Gasteiger partial charge on any atom is 0.418 e. The number of amides is 4. The molecule has 0 aromatic carbocycles. The molecule has 24 heavy (non-hydrogen) atoms. The number of rotatable bonds is 5. The molecule has 2 rings (SSSR count). The minimum absolute atomic E-state index is 0.0975. The number of carbonyl (C=O) groups is 3. The van der Waals surface area contributed by atoms with Crippen LogP contribution < -0.4 is 5.43 Å². The number of hydrogen-bond acceptors (Lipinski definition) is 6. The lowest BCUT2D eigenvalue weighted by Crippen LogP contribution is -2.55. The van der Waals surface area contributed by atoms with E-state index in [0.29, 0.717) is 11.5 Å². The van der Waals surface area contributed by atoms with E-state index in [1.807, 2.05) is 0 Å². The van der Waals surface area contributed by atoms with Crippen LogP contribution in [0, 0.1) is 0 Å². The van der Waals surface area contributed by atoms with Crippen LogP contribution in [0.3, 0.4) is 0 Å². The van der Waals surface area contributed by atoms with Crippen molar-refractivity contribution in [2.24, 2.45) is 0 Å². The van der Waals surface area contributed by atoms with Crippen molar-refractivity contribution in [2.45, 2.75) is 45.2 Å². The summed E-state index contributed by atoms with van der Waals surface area (Å²) in [6.45, 7) is 3.74. The molecule has 11 nitrogen and oxygen atoms in total. The summed E-state index contributed by atoms with van der Waals surface area (Å²) in [5.74, 6) is -0.789. The minimum atomic E-state index is -4.83. The van der Waals surface area contributed by atoms with Crippen LogP contribution in [0.5, 0.6) is 0 Å². The van der Waals surface area contributed by atoms with Crippen molar-refractivity contribution >= 4 is 28.2 Å². The summed E-state index contributed by atoms with van der Waals surface area (Å²) >= 11 is 0. The second-order valence-corrected chi connectivity index (χ2v) is 6.48. The van der Waals surface area contributed by atoms with Crippen molar-refractivity contribution in [3.05, 3.63) is 0 Å². The fourth-order valence-corrected chi connectivity index (χ4v) is 3.21. The first-order chi connectivity index (χ1) is 11.2. The molecule has 2 fully saturated rings. The van der Waals surface area contributed by atoms with Gasteiger partial charge in [-0.25, -0.2) is 4.79 Å². The summed E-state index contributed by atoms with van der Waals surface area (Å²) in [5, 5.41) is 1.73. The van der Waals surface area contributed by atoms with Crippen molar-refractivity contribution in [1.29, 1.82) is 0 Å². The van der Waals surface area contributed by atoms with Crippen LogP contribution in [0.2, 0.25) is 0 Å². The zero-order chi connectivity index (χ0) is 18.1. The largest absolute Gasteiger partial charge is 0.418 e. The predicted molar refractivity (Wildman–Crippen MR) is 79.2 cm³/mol. The van der Waals surface area contributed by atoms with Gasteiger partial charge in [0.25, 0.3) is 5.91 Å². The molecule has 2 heterocycles. The fraction of sp³-hybridized carbons (Fsp3) is 0.750. The van der Waals surface area contributed by atoms with Gasteiger partial charge in [-0.15, -0.1) is 4.28 Å². The van der Waals surface area contributed by atoms with Crippen LogP contribution >= 0.6 is 0 Å². The Balaban J connectivity index is 2.08. The van der Waals surface area contributed by atoms with Crippen LogP contribution in [0.1, 0.15) is 33.1 Å². The van der Waals surface area contributed by atoms with Gasteiger partial charge in [0, 0.05) is 19.5 Å². The van der Waals surface area contributed by atoms with Gasteiger partial charge in [0.2, 0.25) is 5.91 Å². The Bertz CT molecular complexity index is 637. The minimum Gasteiger partial charge on any atom is -0.309 e. The van der Waals surface area contributed by atoms with Crippen molar-refractivity contribution in [3.8, 4) is 0 Å². The second-order valence-electron chi connectivity index (χ2n) is 5.48. The normalized spacial score (nSPS) is 23.4. The summed E-state index contributed by atoms with van der Waals surface area (Å²) in [7, 11) is -4.83. The van der Waals surface area contributed by atoms with Crippen LogP contribution in [0.15, 0.2) is 0 Å². The van der Waals surface area contributed by atoms with E-state index >= 15 is 0 Å². The first kappa shape index (κ1) is 18.4. The Hall–Kier alpha value is -1.92. The molecule has 0 saturated carbocycles. The summed E-state index contributed by atoms with van der Waals surface area (Å²) in [4.78, 5) is 37.5. The zero-order valence-electron chi connectivity index (χ0n) is 13.3. The number of nitrogens with zero attached hydrogens (tertiary/aromatic N) is 3. The van der Waals surface area contributed by atoms with E-state index in [1.54, 1.807) is 13.8 Å². The highest BCUT2D eigenvalue weighted by Crippen LogP contribution is 2.30. The van der Waals surface area contributed by atoms with Crippen molar-refractivity contribution in [3.63, 3.8) is 0 Å². The highest BCUT2D eigenvalue weighted by molar-refractivity contribution is 7.80. The first-order valence-corrected chi connectivity index (χ1v) is 8.92. The Morgan fingerprint density at radius 1 is 1.38 bits per heavy atom. The van der Waals surface area contributed by atoms with E-state index in [4.69, 9.17) is 4.55 Å². The fourth-order valence-electron chi connectivity index (χ4n) is 2.82. The SMILES string of the molecule is CCC(=O)N(CC)NC(=O)[C@H]1CC[C@H]2CN1C(=O)N2OS(=O)(=O)O. The number of hydrazine groups is 1. The van der Waals surface area contributed by atoms with Gasteiger partial charge in [-0.2, -0.15) is 13.5 Å². The van der Waals surface area contributed by atoms with E-state index in [1.165, 1.54) is 9.91 Å². The van der Waals surface area contributed by atoms with Gasteiger partial charge in [0.15, 0.2) is 0 Å². The summed E-state index contributed by atoms with van der Waals surface area (Å²) in [5.41, 5.74) is 2.48. The zero-order valence-corrected chi connectivity index (χ0v) is 14.2. The molecule has 12 heteroatoms. The van der Waals surface area contributed by atoms with E-state index in [0.717, 1.165) is 0 Å². The lowest BCUT2D eigenvalue weighted by molar-refractivity contribution is -0.143. The number of carbonyl (C=O) groups excluding carboxylic acids is 3. The Kier molecular flexibility index (Phi) is 5.30. The number of hydrogen-bond donors (Lipinski definition) is 2. The quantitative estimate of drug-likeness (QED) is 0.485. The molecule has 2 N–H and O–H groups in total. The third-order valence-electron chi connectivity index (χ3n) is 3.96. The van der Waals surface area contributed by atoms with E-state index in [2.05, 4.69) is 9.71 Å². The van der Waals surface area contributed by atoms with Gasteiger partial charge in [0.1, 0.15) is 6.04 Å². The number of fused-ring (bicyclic) bond motifs is 2. The molecule has 2 aliphatic rings. The molecule has 2 saturated heterocycles. The first-order valence-electron chi connectivity index (χ1n) is 7.55. The molecule has 2 aliphatic heterocycles. The van der Waals surface area contributed by atoms with Gasteiger partial charge in [-0.3, -0.25) is 24.6 Å². The Morgan fingerprint density at radius 3 is 2.58 bits per heavy atom. The standard InChI is InChI=1S/C12H20N4O7S/c1-3-10(17)15(4-2)13-11(18)9-6-5-8-7-14(9)12(19)16(8)23-24(20,21)22/h8-9H,3-7H2,1-2H3,(H,13,18)(H,20,21,22)/t8-,9+/m0/s1. The van der Waals surface area contributed by atoms with Crippen LogP contribution in [0.4, 0.5) is 4.79 Å². The van der Waals surface area contributed by atoms with Crippen LogP contribution in [0.25, 0.3) is 0 Å². The van der Waals surface area contributed by atoms with Crippen molar-refractivity contribution < 1.29 is 31.6 Å². The molecular weight excluding hydrogens is 344 g/mol. The lowest BCUT2D eigenvalue weighted by Gasteiger charge is -2.31. The van der Waals surface area contributed by atoms with E-state index in [9.17, 15) is 22.8 Å². The molecule has 4 amide bonds. The summed E-state index contributed by atoms with van der Waals surface area (Å²) < 4.78 is 34.7. The average Bonchev–Trinajstić information content (AvgIpc) is 2.75. The maximum absolute atomic E-state index is 12.4. The number of hydroxylamine groups is 2. The van der Waals surface area contributed by atoms with Gasteiger partial charge in [-0.05, 0) is 19.8 Å². The molecule has 0 spiro atoms. The van der Waals surface area contributed by atoms with Crippen LogP contribution in [-0.2, 0) is 24.3 Å². The lowest BCUT2D eigenvalue weighted by atomic mass is 10.0. The molecular formula is C12H20N4O7S. The number of nitrogens with one attached hydrogen (secondary N) is 1.